The third kappa shape index (κ3) is 3.98. The SMILES string of the molecule is Cc1nn(-c2ccc(F)cc2)c(Cl)c1C(=O)NC(c1ccccc1)c1ccccc1. The van der Waals surface area contributed by atoms with Crippen LogP contribution in [0.4, 0.5) is 4.39 Å². The number of halogens is 2. The molecule has 150 valence electrons. The van der Waals surface area contributed by atoms with Crippen molar-refractivity contribution in [2.45, 2.75) is 13.0 Å². The van der Waals surface area contributed by atoms with Gasteiger partial charge in [-0.15, -0.1) is 0 Å². The van der Waals surface area contributed by atoms with E-state index in [0.29, 0.717) is 11.4 Å². The molecule has 0 fully saturated rings. The summed E-state index contributed by atoms with van der Waals surface area (Å²) < 4.78 is 14.7. The number of benzene rings is 3. The number of rotatable bonds is 5. The minimum atomic E-state index is -0.356. The lowest BCUT2D eigenvalue weighted by molar-refractivity contribution is 0.0942. The number of nitrogens with zero attached hydrogens (tertiary/aromatic N) is 2. The highest BCUT2D eigenvalue weighted by atomic mass is 35.5. The summed E-state index contributed by atoms with van der Waals surface area (Å²) in [5, 5.41) is 7.65. The lowest BCUT2D eigenvalue weighted by Gasteiger charge is -2.20. The van der Waals surface area contributed by atoms with Gasteiger partial charge in [-0.05, 0) is 42.3 Å². The molecular formula is C24H19ClFN3O. The third-order valence-corrected chi connectivity index (χ3v) is 5.19. The van der Waals surface area contributed by atoms with Gasteiger partial charge in [-0.25, -0.2) is 9.07 Å². The maximum Gasteiger partial charge on any atom is 0.257 e. The second-order valence-electron chi connectivity index (χ2n) is 6.87. The number of aromatic nitrogens is 2. The van der Waals surface area contributed by atoms with E-state index in [1.807, 2.05) is 60.7 Å². The highest BCUT2D eigenvalue weighted by Gasteiger charge is 2.24. The molecule has 1 aromatic heterocycles. The number of amides is 1. The fourth-order valence-electron chi connectivity index (χ4n) is 3.36. The van der Waals surface area contributed by atoms with Gasteiger partial charge in [0.15, 0.2) is 0 Å². The summed E-state index contributed by atoms with van der Waals surface area (Å²) in [6.07, 6.45) is 0. The van der Waals surface area contributed by atoms with Crippen molar-refractivity contribution in [1.29, 1.82) is 0 Å². The number of hydrogen-bond acceptors (Lipinski definition) is 2. The summed E-state index contributed by atoms with van der Waals surface area (Å²) in [5.74, 6) is -0.686. The number of hydrogen-bond donors (Lipinski definition) is 1. The molecule has 0 aliphatic carbocycles. The van der Waals surface area contributed by atoms with E-state index in [-0.39, 0.29) is 28.5 Å². The fourth-order valence-corrected chi connectivity index (χ4v) is 3.72. The highest BCUT2D eigenvalue weighted by Crippen LogP contribution is 2.27. The van der Waals surface area contributed by atoms with Crippen LogP contribution in [0, 0.1) is 12.7 Å². The van der Waals surface area contributed by atoms with Crippen molar-refractivity contribution in [3.63, 3.8) is 0 Å². The summed E-state index contributed by atoms with van der Waals surface area (Å²) in [6, 6.07) is 24.9. The quantitative estimate of drug-likeness (QED) is 0.464. The Morgan fingerprint density at radius 1 is 0.933 bits per heavy atom. The maximum atomic E-state index is 13.3. The lowest BCUT2D eigenvalue weighted by atomic mass is 9.98. The van der Waals surface area contributed by atoms with E-state index < -0.39 is 0 Å². The molecule has 4 rings (SSSR count). The van der Waals surface area contributed by atoms with Crippen LogP contribution in [0.3, 0.4) is 0 Å². The van der Waals surface area contributed by atoms with Crippen LogP contribution in [0.15, 0.2) is 84.9 Å². The number of carbonyl (C=O) groups is 1. The Hall–Kier alpha value is -3.44. The number of nitrogens with one attached hydrogen (secondary N) is 1. The standard InChI is InChI=1S/C24H19ClFN3O/c1-16-21(23(25)29(28-16)20-14-12-19(26)13-15-20)24(30)27-22(17-8-4-2-5-9-17)18-10-6-3-7-11-18/h2-15,22H,1H3,(H,27,30). The zero-order valence-electron chi connectivity index (χ0n) is 16.2. The first-order chi connectivity index (χ1) is 14.5. The minimum absolute atomic E-state index is 0.177. The van der Waals surface area contributed by atoms with Gasteiger partial charge in [0, 0.05) is 0 Å². The van der Waals surface area contributed by atoms with Crippen LogP contribution in [0.1, 0.15) is 33.2 Å². The Morgan fingerprint density at radius 3 is 2.00 bits per heavy atom. The molecule has 0 spiro atoms. The predicted octanol–water partition coefficient (Wildman–Crippen LogP) is 5.49. The summed E-state index contributed by atoms with van der Waals surface area (Å²) in [7, 11) is 0. The molecule has 30 heavy (non-hydrogen) atoms. The second-order valence-corrected chi connectivity index (χ2v) is 7.23. The van der Waals surface area contributed by atoms with E-state index in [4.69, 9.17) is 11.6 Å². The van der Waals surface area contributed by atoms with Crippen molar-refractivity contribution >= 4 is 17.5 Å². The van der Waals surface area contributed by atoms with Crippen molar-refractivity contribution in [3.8, 4) is 5.69 Å². The first-order valence-electron chi connectivity index (χ1n) is 9.46. The van der Waals surface area contributed by atoms with Crippen LogP contribution in [0.2, 0.25) is 5.15 Å². The zero-order valence-corrected chi connectivity index (χ0v) is 17.0. The molecule has 1 N–H and O–H groups in total. The molecule has 1 heterocycles. The Labute approximate surface area is 178 Å². The highest BCUT2D eigenvalue weighted by molar-refractivity contribution is 6.33. The molecule has 4 aromatic rings. The second kappa shape index (κ2) is 8.51. The van der Waals surface area contributed by atoms with Crippen LogP contribution in [-0.2, 0) is 0 Å². The summed E-state index contributed by atoms with van der Waals surface area (Å²) in [4.78, 5) is 13.2. The Morgan fingerprint density at radius 2 is 1.47 bits per heavy atom. The van der Waals surface area contributed by atoms with E-state index in [2.05, 4.69) is 10.4 Å². The smallest absolute Gasteiger partial charge is 0.257 e. The molecule has 1 amide bonds. The summed E-state index contributed by atoms with van der Waals surface area (Å²) >= 11 is 6.52. The van der Waals surface area contributed by atoms with Gasteiger partial charge < -0.3 is 5.32 Å². The summed E-state index contributed by atoms with van der Waals surface area (Å²) in [5.41, 5.74) is 3.26. The first kappa shape index (κ1) is 19.9. The van der Waals surface area contributed by atoms with Gasteiger partial charge in [-0.1, -0.05) is 72.3 Å². The molecule has 0 atom stereocenters. The largest absolute Gasteiger partial charge is 0.341 e. The van der Waals surface area contributed by atoms with Crippen molar-refractivity contribution in [1.82, 2.24) is 15.1 Å². The molecule has 6 heteroatoms. The van der Waals surface area contributed by atoms with Gasteiger partial charge in [-0.3, -0.25) is 4.79 Å². The fraction of sp³-hybridized carbons (Fsp3) is 0.0833. The van der Waals surface area contributed by atoms with Crippen molar-refractivity contribution in [2.75, 3.05) is 0 Å². The molecule has 0 bridgehead atoms. The topological polar surface area (TPSA) is 46.9 Å². The van der Waals surface area contributed by atoms with E-state index in [0.717, 1.165) is 11.1 Å². The molecular weight excluding hydrogens is 401 g/mol. The average molecular weight is 420 g/mol. The van der Waals surface area contributed by atoms with E-state index in [9.17, 15) is 9.18 Å². The van der Waals surface area contributed by atoms with Crippen molar-refractivity contribution < 1.29 is 9.18 Å². The van der Waals surface area contributed by atoms with Crippen LogP contribution >= 0.6 is 11.6 Å². The number of aryl methyl sites for hydroxylation is 1. The Bertz CT molecular complexity index is 1120. The van der Waals surface area contributed by atoms with Gasteiger partial charge in [0.2, 0.25) is 0 Å². The van der Waals surface area contributed by atoms with Crippen molar-refractivity contribution in [3.05, 3.63) is 118 Å². The number of carbonyl (C=O) groups excluding carboxylic acids is 1. The van der Waals surface area contributed by atoms with Gasteiger partial charge in [-0.2, -0.15) is 5.10 Å². The molecule has 0 saturated heterocycles. The molecule has 0 aliphatic heterocycles. The molecule has 0 saturated carbocycles. The van der Waals surface area contributed by atoms with Crippen LogP contribution < -0.4 is 5.32 Å². The average Bonchev–Trinajstić information content (AvgIpc) is 3.07. The van der Waals surface area contributed by atoms with Crippen LogP contribution in [0.5, 0.6) is 0 Å². The van der Waals surface area contributed by atoms with Gasteiger partial charge in [0.05, 0.1) is 23.0 Å². The summed E-state index contributed by atoms with van der Waals surface area (Å²) in [6.45, 7) is 1.72. The lowest BCUT2D eigenvalue weighted by Crippen LogP contribution is -2.29. The molecule has 0 aliphatic rings. The normalized spacial score (nSPS) is 10.9. The van der Waals surface area contributed by atoms with E-state index in [1.165, 1.54) is 16.8 Å². The zero-order chi connectivity index (χ0) is 21.1. The van der Waals surface area contributed by atoms with Gasteiger partial charge >= 0.3 is 0 Å². The van der Waals surface area contributed by atoms with Crippen molar-refractivity contribution in [2.24, 2.45) is 0 Å². The van der Waals surface area contributed by atoms with Gasteiger partial charge in [0.1, 0.15) is 11.0 Å². The van der Waals surface area contributed by atoms with E-state index >= 15 is 0 Å². The van der Waals surface area contributed by atoms with E-state index in [1.54, 1.807) is 19.1 Å². The molecule has 0 unspecified atom stereocenters. The van der Waals surface area contributed by atoms with Gasteiger partial charge in [0.25, 0.3) is 5.91 Å². The Balaban J connectivity index is 1.69. The molecule has 0 radical (unpaired) electrons. The third-order valence-electron chi connectivity index (χ3n) is 4.84. The molecule has 3 aromatic carbocycles. The van der Waals surface area contributed by atoms with Crippen LogP contribution in [-0.4, -0.2) is 15.7 Å². The maximum absolute atomic E-state index is 13.3. The minimum Gasteiger partial charge on any atom is -0.341 e. The first-order valence-corrected chi connectivity index (χ1v) is 9.84. The van der Waals surface area contributed by atoms with Crippen LogP contribution in [0.25, 0.3) is 5.69 Å². The Kier molecular flexibility index (Phi) is 5.63. The monoisotopic (exact) mass is 419 g/mol. The predicted molar refractivity (Wildman–Crippen MR) is 115 cm³/mol. The molecule has 4 nitrogen and oxygen atoms in total.